The van der Waals surface area contributed by atoms with Gasteiger partial charge in [0, 0.05) is 11.8 Å². The average molecular weight is 356 g/mol. The molecule has 0 aliphatic carbocycles. The molecule has 1 aliphatic heterocycles. The molecule has 0 saturated heterocycles. The average Bonchev–Trinajstić information content (AvgIpc) is 3.27. The Morgan fingerprint density at radius 2 is 2.04 bits per heavy atom. The van der Waals surface area contributed by atoms with Crippen LogP contribution in [0.3, 0.4) is 0 Å². The highest BCUT2D eigenvalue weighted by Gasteiger charge is 2.15. The Hall–Kier alpha value is -3.13. The fourth-order valence-corrected chi connectivity index (χ4v) is 3.08. The highest BCUT2D eigenvalue weighted by Crippen LogP contribution is 2.34. The normalized spacial score (nSPS) is 12.2. The minimum atomic E-state index is -0.559. The van der Waals surface area contributed by atoms with Crippen LogP contribution in [-0.2, 0) is 9.53 Å². The summed E-state index contributed by atoms with van der Waals surface area (Å²) in [4.78, 5) is 28.2. The molecule has 126 valence electrons. The zero-order chi connectivity index (χ0) is 17.2. The van der Waals surface area contributed by atoms with E-state index in [0.717, 1.165) is 10.2 Å². The first-order chi connectivity index (χ1) is 12.2. The zero-order valence-corrected chi connectivity index (χ0v) is 13.7. The van der Waals surface area contributed by atoms with Crippen LogP contribution < -0.4 is 14.8 Å². The molecule has 0 atom stereocenters. The third-order valence-electron chi connectivity index (χ3n) is 3.56. The van der Waals surface area contributed by atoms with Gasteiger partial charge in [-0.05, 0) is 30.3 Å². The van der Waals surface area contributed by atoms with Crippen molar-refractivity contribution in [1.29, 1.82) is 0 Å². The standard InChI is InChI=1S/C17H12N2O5S/c20-16(19-11-2-4-13-14(6-11)24-9-23-13)7-22-17(21)10-1-3-12-15(5-10)25-8-18-12/h1-6,8H,7,9H2,(H,19,20). The largest absolute Gasteiger partial charge is 0.454 e. The molecule has 0 spiro atoms. The molecule has 25 heavy (non-hydrogen) atoms. The molecule has 7 nitrogen and oxygen atoms in total. The number of amides is 1. The van der Waals surface area contributed by atoms with Crippen molar-refractivity contribution in [2.45, 2.75) is 0 Å². The first-order valence-corrected chi connectivity index (χ1v) is 8.27. The van der Waals surface area contributed by atoms with Gasteiger partial charge in [0.1, 0.15) is 0 Å². The number of esters is 1. The number of ether oxygens (including phenoxy) is 3. The molecule has 0 unspecified atom stereocenters. The number of hydrogen-bond donors (Lipinski definition) is 1. The zero-order valence-electron chi connectivity index (χ0n) is 12.9. The molecule has 0 radical (unpaired) electrons. The minimum absolute atomic E-state index is 0.161. The number of rotatable bonds is 4. The Morgan fingerprint density at radius 3 is 2.96 bits per heavy atom. The van der Waals surface area contributed by atoms with Crippen molar-refractivity contribution in [1.82, 2.24) is 4.98 Å². The molecule has 1 N–H and O–H groups in total. The first kappa shape index (κ1) is 15.4. The molecule has 1 aromatic heterocycles. The summed E-state index contributed by atoms with van der Waals surface area (Å²) >= 11 is 1.43. The summed E-state index contributed by atoms with van der Waals surface area (Å²) in [6, 6.07) is 10.1. The lowest BCUT2D eigenvalue weighted by molar-refractivity contribution is -0.119. The van der Waals surface area contributed by atoms with Gasteiger partial charge in [-0.3, -0.25) is 4.79 Å². The molecule has 1 amide bonds. The van der Waals surface area contributed by atoms with Crippen molar-refractivity contribution >= 4 is 39.1 Å². The van der Waals surface area contributed by atoms with Gasteiger partial charge in [0.2, 0.25) is 6.79 Å². The van der Waals surface area contributed by atoms with E-state index in [1.165, 1.54) is 11.3 Å². The number of benzene rings is 2. The Kier molecular flexibility index (Phi) is 3.95. The van der Waals surface area contributed by atoms with Gasteiger partial charge in [-0.25, -0.2) is 9.78 Å². The Bertz CT molecular complexity index is 969. The van der Waals surface area contributed by atoms with E-state index in [0.29, 0.717) is 22.7 Å². The monoisotopic (exact) mass is 356 g/mol. The van der Waals surface area contributed by atoms with Gasteiger partial charge in [-0.2, -0.15) is 0 Å². The second-order valence-corrected chi connectivity index (χ2v) is 6.11. The van der Waals surface area contributed by atoms with Crippen molar-refractivity contribution < 1.29 is 23.8 Å². The van der Waals surface area contributed by atoms with E-state index in [9.17, 15) is 9.59 Å². The molecule has 2 heterocycles. The molecule has 0 saturated carbocycles. The number of fused-ring (bicyclic) bond motifs is 2. The summed E-state index contributed by atoms with van der Waals surface area (Å²) in [5.74, 6) is 0.192. The van der Waals surface area contributed by atoms with Crippen molar-refractivity contribution in [2.24, 2.45) is 0 Å². The third kappa shape index (κ3) is 3.24. The van der Waals surface area contributed by atoms with Crippen LogP contribution in [0, 0.1) is 0 Å². The summed E-state index contributed by atoms with van der Waals surface area (Å²) in [6.07, 6.45) is 0. The van der Waals surface area contributed by atoms with Crippen LogP contribution in [0.4, 0.5) is 5.69 Å². The Labute approximate surface area is 146 Å². The van der Waals surface area contributed by atoms with Gasteiger partial charge in [0.15, 0.2) is 18.1 Å². The maximum Gasteiger partial charge on any atom is 0.338 e. The van der Waals surface area contributed by atoms with Gasteiger partial charge < -0.3 is 19.5 Å². The van der Waals surface area contributed by atoms with E-state index in [1.807, 2.05) is 0 Å². The lowest BCUT2D eigenvalue weighted by Gasteiger charge is -2.07. The number of aromatic nitrogens is 1. The number of nitrogens with zero attached hydrogens (tertiary/aromatic N) is 1. The lowest BCUT2D eigenvalue weighted by Crippen LogP contribution is -2.20. The predicted molar refractivity (Wildman–Crippen MR) is 91.1 cm³/mol. The van der Waals surface area contributed by atoms with Crippen LogP contribution >= 0.6 is 11.3 Å². The number of carbonyl (C=O) groups excluding carboxylic acids is 2. The van der Waals surface area contributed by atoms with Crippen LogP contribution in [0.25, 0.3) is 10.2 Å². The van der Waals surface area contributed by atoms with Crippen LogP contribution in [-0.4, -0.2) is 30.3 Å². The lowest BCUT2D eigenvalue weighted by atomic mass is 10.2. The quantitative estimate of drug-likeness (QED) is 0.724. The Morgan fingerprint density at radius 1 is 1.16 bits per heavy atom. The number of carbonyl (C=O) groups is 2. The van der Waals surface area contributed by atoms with E-state index < -0.39 is 11.9 Å². The molecule has 3 aromatic rings. The fraction of sp³-hybridized carbons (Fsp3) is 0.118. The summed E-state index contributed by atoms with van der Waals surface area (Å²) in [7, 11) is 0. The topological polar surface area (TPSA) is 86.8 Å². The summed E-state index contributed by atoms with van der Waals surface area (Å²) in [5.41, 5.74) is 3.45. The van der Waals surface area contributed by atoms with Crippen LogP contribution in [0.1, 0.15) is 10.4 Å². The SMILES string of the molecule is O=C(COC(=O)c1ccc2ncsc2c1)Nc1ccc2c(c1)OCO2. The molecule has 8 heteroatoms. The number of anilines is 1. The molecule has 0 bridgehead atoms. The van der Waals surface area contributed by atoms with Crippen LogP contribution in [0.5, 0.6) is 11.5 Å². The summed E-state index contributed by atoms with van der Waals surface area (Å²) in [6.45, 7) is -0.220. The highest BCUT2D eigenvalue weighted by atomic mass is 32.1. The van der Waals surface area contributed by atoms with Crippen molar-refractivity contribution in [2.75, 3.05) is 18.7 Å². The molecular weight excluding hydrogens is 344 g/mol. The predicted octanol–water partition coefficient (Wildman–Crippen LogP) is 2.82. The molecule has 1 aliphatic rings. The number of hydrogen-bond acceptors (Lipinski definition) is 7. The number of thiazole rings is 1. The molecule has 2 aromatic carbocycles. The van der Waals surface area contributed by atoms with Crippen molar-refractivity contribution in [3.8, 4) is 11.5 Å². The maximum absolute atomic E-state index is 12.1. The molecule has 0 fully saturated rings. The molecular formula is C17H12N2O5S. The van der Waals surface area contributed by atoms with Crippen LogP contribution in [0.2, 0.25) is 0 Å². The van der Waals surface area contributed by atoms with Crippen LogP contribution in [0.15, 0.2) is 41.9 Å². The molecule has 4 rings (SSSR count). The van der Waals surface area contributed by atoms with E-state index in [1.54, 1.807) is 41.9 Å². The van der Waals surface area contributed by atoms with E-state index in [-0.39, 0.29) is 13.4 Å². The summed E-state index contributed by atoms with van der Waals surface area (Å²) in [5, 5.41) is 2.64. The van der Waals surface area contributed by atoms with Gasteiger partial charge in [0.05, 0.1) is 21.3 Å². The highest BCUT2D eigenvalue weighted by molar-refractivity contribution is 7.16. The van der Waals surface area contributed by atoms with Gasteiger partial charge in [0.25, 0.3) is 5.91 Å². The first-order valence-electron chi connectivity index (χ1n) is 7.39. The Balaban J connectivity index is 1.35. The van der Waals surface area contributed by atoms with Gasteiger partial charge in [-0.1, -0.05) is 0 Å². The second-order valence-electron chi connectivity index (χ2n) is 5.23. The smallest absolute Gasteiger partial charge is 0.338 e. The fourth-order valence-electron chi connectivity index (χ4n) is 2.37. The van der Waals surface area contributed by atoms with Gasteiger partial charge in [-0.15, -0.1) is 11.3 Å². The maximum atomic E-state index is 12.1. The minimum Gasteiger partial charge on any atom is -0.454 e. The summed E-state index contributed by atoms with van der Waals surface area (Å²) < 4.78 is 16.4. The third-order valence-corrected chi connectivity index (χ3v) is 4.35. The van der Waals surface area contributed by atoms with Gasteiger partial charge >= 0.3 is 5.97 Å². The second kappa shape index (κ2) is 6.40. The van der Waals surface area contributed by atoms with Crippen molar-refractivity contribution in [3.63, 3.8) is 0 Å². The van der Waals surface area contributed by atoms with E-state index in [4.69, 9.17) is 14.2 Å². The van der Waals surface area contributed by atoms with E-state index in [2.05, 4.69) is 10.3 Å². The van der Waals surface area contributed by atoms with E-state index >= 15 is 0 Å². The number of nitrogens with one attached hydrogen (secondary N) is 1. The van der Waals surface area contributed by atoms with Crippen molar-refractivity contribution in [3.05, 3.63) is 47.5 Å².